The van der Waals surface area contributed by atoms with Crippen LogP contribution < -0.4 is 5.43 Å². The van der Waals surface area contributed by atoms with E-state index in [0.717, 1.165) is 5.56 Å². The van der Waals surface area contributed by atoms with Crippen LogP contribution in [0.1, 0.15) is 11.1 Å². The highest BCUT2D eigenvalue weighted by Crippen LogP contribution is 2.09. The number of halogens is 1. The zero-order valence-electron chi connectivity index (χ0n) is 10.6. The Balaban J connectivity index is 1.85. The Hall–Kier alpha value is -2.69. The SMILES string of the molecule is O=C(Cc1ccc(O)cc1)N/N=C\c1ccc(F)cc1. The summed E-state index contributed by atoms with van der Waals surface area (Å²) in [6.45, 7) is 0. The minimum atomic E-state index is -0.321. The molecule has 0 heterocycles. The number of aromatic hydroxyl groups is 1. The second-order valence-corrected chi connectivity index (χ2v) is 4.19. The van der Waals surface area contributed by atoms with E-state index in [1.54, 1.807) is 24.3 Å². The fraction of sp³-hybridized carbons (Fsp3) is 0.0667. The monoisotopic (exact) mass is 272 g/mol. The van der Waals surface area contributed by atoms with Gasteiger partial charge in [0.15, 0.2) is 0 Å². The Kier molecular flexibility index (Phi) is 4.44. The fourth-order valence-electron chi connectivity index (χ4n) is 1.57. The van der Waals surface area contributed by atoms with Gasteiger partial charge in [0.05, 0.1) is 12.6 Å². The molecule has 0 aliphatic heterocycles. The summed E-state index contributed by atoms with van der Waals surface area (Å²) in [6, 6.07) is 12.1. The van der Waals surface area contributed by atoms with Crippen molar-refractivity contribution in [2.24, 2.45) is 5.10 Å². The summed E-state index contributed by atoms with van der Waals surface area (Å²) in [6.07, 6.45) is 1.61. The number of phenolic OH excluding ortho intramolecular Hbond substituents is 1. The van der Waals surface area contributed by atoms with E-state index in [9.17, 15) is 9.18 Å². The summed E-state index contributed by atoms with van der Waals surface area (Å²) >= 11 is 0. The second-order valence-electron chi connectivity index (χ2n) is 4.19. The van der Waals surface area contributed by atoms with Gasteiger partial charge in [0.2, 0.25) is 5.91 Å². The predicted octanol–water partition coefficient (Wildman–Crippen LogP) is 2.22. The van der Waals surface area contributed by atoms with Gasteiger partial charge in [-0.15, -0.1) is 0 Å². The molecule has 0 aromatic heterocycles. The molecule has 0 aliphatic rings. The molecular weight excluding hydrogens is 259 g/mol. The third kappa shape index (κ3) is 4.20. The molecule has 4 nitrogen and oxygen atoms in total. The van der Waals surface area contributed by atoms with Gasteiger partial charge in [0, 0.05) is 0 Å². The van der Waals surface area contributed by atoms with E-state index < -0.39 is 0 Å². The van der Waals surface area contributed by atoms with Crippen molar-refractivity contribution in [2.45, 2.75) is 6.42 Å². The molecule has 2 aromatic rings. The van der Waals surface area contributed by atoms with Crippen molar-refractivity contribution in [1.29, 1.82) is 0 Å². The van der Waals surface area contributed by atoms with Crippen molar-refractivity contribution in [2.75, 3.05) is 0 Å². The highest BCUT2D eigenvalue weighted by atomic mass is 19.1. The number of rotatable bonds is 4. The molecule has 0 unspecified atom stereocenters. The van der Waals surface area contributed by atoms with Crippen LogP contribution in [0.15, 0.2) is 53.6 Å². The molecular formula is C15H13FN2O2. The first-order valence-electron chi connectivity index (χ1n) is 5.99. The van der Waals surface area contributed by atoms with Crippen LogP contribution >= 0.6 is 0 Å². The van der Waals surface area contributed by atoms with Crippen LogP contribution in [0.3, 0.4) is 0 Å². The van der Waals surface area contributed by atoms with Crippen LogP contribution in [0.2, 0.25) is 0 Å². The zero-order chi connectivity index (χ0) is 14.4. The minimum Gasteiger partial charge on any atom is -0.508 e. The van der Waals surface area contributed by atoms with Gasteiger partial charge < -0.3 is 5.11 Å². The molecule has 102 valence electrons. The van der Waals surface area contributed by atoms with Crippen molar-refractivity contribution in [1.82, 2.24) is 5.43 Å². The molecule has 0 aliphatic carbocycles. The molecule has 0 saturated heterocycles. The van der Waals surface area contributed by atoms with E-state index in [4.69, 9.17) is 5.11 Å². The van der Waals surface area contributed by atoms with Crippen LogP contribution in [0.4, 0.5) is 4.39 Å². The lowest BCUT2D eigenvalue weighted by molar-refractivity contribution is -0.120. The summed E-state index contributed by atoms with van der Waals surface area (Å²) in [5, 5.41) is 12.9. The Labute approximate surface area is 115 Å². The molecule has 2 N–H and O–H groups in total. The number of benzene rings is 2. The first-order chi connectivity index (χ1) is 9.63. The van der Waals surface area contributed by atoms with Crippen LogP contribution in [0.5, 0.6) is 5.75 Å². The van der Waals surface area contributed by atoms with E-state index in [0.29, 0.717) is 5.56 Å². The van der Waals surface area contributed by atoms with Crippen molar-refractivity contribution >= 4 is 12.1 Å². The number of nitrogens with zero attached hydrogens (tertiary/aromatic N) is 1. The maximum absolute atomic E-state index is 12.7. The number of phenols is 1. The quantitative estimate of drug-likeness (QED) is 0.662. The number of amides is 1. The number of hydrogen-bond donors (Lipinski definition) is 2. The molecule has 5 heteroatoms. The van der Waals surface area contributed by atoms with Crippen LogP contribution in [-0.4, -0.2) is 17.2 Å². The summed E-state index contributed by atoms with van der Waals surface area (Å²) in [7, 11) is 0. The molecule has 20 heavy (non-hydrogen) atoms. The highest BCUT2D eigenvalue weighted by molar-refractivity contribution is 5.83. The summed E-state index contributed by atoms with van der Waals surface area (Å²) in [5.41, 5.74) is 3.85. The van der Waals surface area contributed by atoms with Crippen molar-refractivity contribution in [3.8, 4) is 5.75 Å². The number of hydrogen-bond acceptors (Lipinski definition) is 3. The lowest BCUT2D eigenvalue weighted by atomic mass is 10.1. The van der Waals surface area contributed by atoms with Gasteiger partial charge in [-0.1, -0.05) is 24.3 Å². The standard InChI is InChI=1S/C15H13FN2O2/c16-13-5-1-12(2-6-13)10-17-18-15(20)9-11-3-7-14(19)8-4-11/h1-8,10,19H,9H2,(H,18,20)/b17-10-. The molecule has 0 bridgehead atoms. The van der Waals surface area contributed by atoms with Crippen LogP contribution in [0.25, 0.3) is 0 Å². The highest BCUT2D eigenvalue weighted by Gasteiger charge is 2.01. The van der Waals surface area contributed by atoms with E-state index >= 15 is 0 Å². The Morgan fingerprint density at radius 1 is 1.15 bits per heavy atom. The topological polar surface area (TPSA) is 61.7 Å². The van der Waals surface area contributed by atoms with Gasteiger partial charge in [-0.05, 0) is 35.4 Å². The van der Waals surface area contributed by atoms with Gasteiger partial charge in [-0.3, -0.25) is 4.79 Å². The maximum Gasteiger partial charge on any atom is 0.244 e. The Morgan fingerprint density at radius 3 is 2.45 bits per heavy atom. The number of hydrazone groups is 1. The van der Waals surface area contributed by atoms with Crippen molar-refractivity contribution in [3.05, 3.63) is 65.5 Å². The normalized spacial score (nSPS) is 10.7. The molecule has 2 rings (SSSR count). The van der Waals surface area contributed by atoms with Crippen molar-refractivity contribution < 1.29 is 14.3 Å². The Morgan fingerprint density at radius 2 is 1.80 bits per heavy atom. The smallest absolute Gasteiger partial charge is 0.244 e. The number of carbonyl (C=O) groups is 1. The van der Waals surface area contributed by atoms with Gasteiger partial charge in [-0.2, -0.15) is 5.10 Å². The lowest BCUT2D eigenvalue weighted by Gasteiger charge is -2.00. The van der Waals surface area contributed by atoms with E-state index in [1.165, 1.54) is 30.5 Å². The largest absolute Gasteiger partial charge is 0.508 e. The second kappa shape index (κ2) is 6.47. The first-order valence-corrected chi connectivity index (χ1v) is 5.99. The zero-order valence-corrected chi connectivity index (χ0v) is 10.6. The van der Waals surface area contributed by atoms with Crippen molar-refractivity contribution in [3.63, 3.8) is 0 Å². The minimum absolute atomic E-state index is 0.156. The number of carbonyl (C=O) groups excluding carboxylic acids is 1. The molecule has 0 radical (unpaired) electrons. The molecule has 0 atom stereocenters. The summed E-state index contributed by atoms with van der Waals surface area (Å²) in [5.74, 6) is -0.434. The summed E-state index contributed by atoms with van der Waals surface area (Å²) in [4.78, 5) is 11.6. The average molecular weight is 272 g/mol. The summed E-state index contributed by atoms with van der Waals surface area (Å²) < 4.78 is 12.7. The van der Waals surface area contributed by atoms with Gasteiger partial charge in [0.25, 0.3) is 0 Å². The lowest BCUT2D eigenvalue weighted by Crippen LogP contribution is -2.19. The fourth-order valence-corrected chi connectivity index (χ4v) is 1.57. The first kappa shape index (κ1) is 13.7. The van der Waals surface area contributed by atoms with Gasteiger partial charge >= 0.3 is 0 Å². The van der Waals surface area contributed by atoms with E-state index in [2.05, 4.69) is 10.5 Å². The molecule has 2 aromatic carbocycles. The molecule has 1 amide bonds. The third-order valence-electron chi connectivity index (χ3n) is 2.57. The molecule has 0 saturated carbocycles. The van der Waals surface area contributed by atoms with E-state index in [-0.39, 0.29) is 23.9 Å². The van der Waals surface area contributed by atoms with E-state index in [1.807, 2.05) is 0 Å². The van der Waals surface area contributed by atoms with Gasteiger partial charge in [-0.25, -0.2) is 9.82 Å². The Bertz CT molecular complexity index is 607. The average Bonchev–Trinajstić information content (AvgIpc) is 2.44. The van der Waals surface area contributed by atoms with Crippen LogP contribution in [0, 0.1) is 5.82 Å². The molecule has 0 spiro atoms. The molecule has 0 fully saturated rings. The third-order valence-corrected chi connectivity index (χ3v) is 2.57. The van der Waals surface area contributed by atoms with Gasteiger partial charge in [0.1, 0.15) is 11.6 Å². The predicted molar refractivity (Wildman–Crippen MR) is 73.9 cm³/mol. The van der Waals surface area contributed by atoms with Crippen LogP contribution in [-0.2, 0) is 11.2 Å². The number of nitrogens with one attached hydrogen (secondary N) is 1. The maximum atomic E-state index is 12.7.